The van der Waals surface area contributed by atoms with Crippen LogP contribution in [0.1, 0.15) is 45.4 Å². The van der Waals surface area contributed by atoms with Crippen LogP contribution in [0.25, 0.3) is 0 Å². The Bertz CT molecular complexity index is 378. The maximum atomic E-state index is 12.4. The molecule has 0 saturated carbocycles. The summed E-state index contributed by atoms with van der Waals surface area (Å²) >= 11 is 0. The molecule has 0 N–H and O–H groups in total. The van der Waals surface area contributed by atoms with E-state index in [1.165, 1.54) is 7.11 Å². The number of hydrogen-bond acceptors (Lipinski definition) is 4. The number of hydrogen-bond donors (Lipinski definition) is 0. The Morgan fingerprint density at radius 3 is 2.45 bits per heavy atom. The molecule has 0 aromatic carbocycles. The van der Waals surface area contributed by atoms with Gasteiger partial charge in [-0.15, -0.1) is 0 Å². The smallest absolute Gasteiger partial charge is 0.305 e. The Balaban J connectivity index is 1.74. The van der Waals surface area contributed by atoms with E-state index in [2.05, 4.69) is 11.8 Å². The molecule has 2 saturated heterocycles. The van der Waals surface area contributed by atoms with Gasteiger partial charge in [0.15, 0.2) is 0 Å². The predicted molar refractivity (Wildman–Crippen MR) is 85.4 cm³/mol. The zero-order valence-electron chi connectivity index (χ0n) is 14.1. The minimum Gasteiger partial charge on any atom is -0.469 e. The monoisotopic (exact) mass is 310 g/mol. The van der Waals surface area contributed by atoms with Crippen molar-refractivity contribution in [2.75, 3.05) is 39.8 Å². The standard InChI is InChI=1S/C17H30N2O3/c1-14-5-10-19(11-6-14)16(20)13-18-8-3-4-15(7-9-18)12-17(21)22-2/h14-15H,3-13H2,1-2H3/t15-/m1/s1. The number of piperidine rings is 1. The minimum atomic E-state index is -0.114. The van der Waals surface area contributed by atoms with Crippen LogP contribution < -0.4 is 0 Å². The maximum Gasteiger partial charge on any atom is 0.305 e. The van der Waals surface area contributed by atoms with E-state index in [0.717, 1.165) is 64.2 Å². The van der Waals surface area contributed by atoms with Gasteiger partial charge in [-0.25, -0.2) is 0 Å². The number of amides is 1. The SMILES string of the molecule is COC(=O)C[C@@H]1CCCN(CC(=O)N2CCC(C)CC2)CC1. The molecule has 2 fully saturated rings. The van der Waals surface area contributed by atoms with E-state index < -0.39 is 0 Å². The van der Waals surface area contributed by atoms with Crippen molar-refractivity contribution in [3.63, 3.8) is 0 Å². The maximum absolute atomic E-state index is 12.4. The molecule has 2 aliphatic heterocycles. The normalized spacial score (nSPS) is 24.8. The van der Waals surface area contributed by atoms with Crippen molar-refractivity contribution < 1.29 is 14.3 Å². The highest BCUT2D eigenvalue weighted by Crippen LogP contribution is 2.22. The number of likely N-dealkylation sites (tertiary alicyclic amines) is 2. The van der Waals surface area contributed by atoms with Crippen LogP contribution >= 0.6 is 0 Å². The van der Waals surface area contributed by atoms with Gasteiger partial charge in [-0.1, -0.05) is 6.92 Å². The Morgan fingerprint density at radius 1 is 1.05 bits per heavy atom. The van der Waals surface area contributed by atoms with Gasteiger partial charge in [0.1, 0.15) is 0 Å². The molecule has 5 heteroatoms. The summed E-state index contributed by atoms with van der Waals surface area (Å²) in [6.45, 7) is 6.51. The van der Waals surface area contributed by atoms with Crippen LogP contribution in [0.5, 0.6) is 0 Å². The van der Waals surface area contributed by atoms with Gasteiger partial charge >= 0.3 is 5.97 Å². The molecule has 0 aromatic rings. The van der Waals surface area contributed by atoms with Crippen LogP contribution in [0.15, 0.2) is 0 Å². The van der Waals surface area contributed by atoms with Gasteiger partial charge in [0.25, 0.3) is 0 Å². The van der Waals surface area contributed by atoms with Crippen molar-refractivity contribution in [1.29, 1.82) is 0 Å². The summed E-state index contributed by atoms with van der Waals surface area (Å²) in [7, 11) is 1.45. The molecule has 0 spiro atoms. The van der Waals surface area contributed by atoms with Crippen molar-refractivity contribution in [3.05, 3.63) is 0 Å². The van der Waals surface area contributed by atoms with Crippen molar-refractivity contribution >= 4 is 11.9 Å². The predicted octanol–water partition coefficient (Wildman–Crippen LogP) is 1.91. The number of carbonyl (C=O) groups excluding carboxylic acids is 2. The molecule has 2 aliphatic rings. The van der Waals surface area contributed by atoms with E-state index >= 15 is 0 Å². The van der Waals surface area contributed by atoms with E-state index in [4.69, 9.17) is 4.74 Å². The number of rotatable bonds is 4. The molecular formula is C17H30N2O3. The fraction of sp³-hybridized carbons (Fsp3) is 0.882. The highest BCUT2D eigenvalue weighted by Gasteiger charge is 2.24. The average Bonchev–Trinajstić information content (AvgIpc) is 2.73. The molecule has 0 unspecified atom stereocenters. The summed E-state index contributed by atoms with van der Waals surface area (Å²) in [5.41, 5.74) is 0. The highest BCUT2D eigenvalue weighted by molar-refractivity contribution is 5.78. The summed E-state index contributed by atoms with van der Waals surface area (Å²) in [5, 5.41) is 0. The Labute approximate surface area is 134 Å². The topological polar surface area (TPSA) is 49.9 Å². The highest BCUT2D eigenvalue weighted by atomic mass is 16.5. The number of ether oxygens (including phenoxy) is 1. The Morgan fingerprint density at radius 2 is 1.77 bits per heavy atom. The average molecular weight is 310 g/mol. The molecule has 126 valence electrons. The van der Waals surface area contributed by atoms with Gasteiger partial charge in [0.2, 0.25) is 5.91 Å². The number of esters is 1. The van der Waals surface area contributed by atoms with Crippen LogP contribution in [0, 0.1) is 11.8 Å². The van der Waals surface area contributed by atoms with E-state index in [0.29, 0.717) is 18.9 Å². The van der Waals surface area contributed by atoms with Crippen LogP contribution in [0.4, 0.5) is 0 Å². The number of nitrogens with zero attached hydrogens (tertiary/aromatic N) is 2. The summed E-state index contributed by atoms with van der Waals surface area (Å²) in [6, 6.07) is 0. The summed E-state index contributed by atoms with van der Waals surface area (Å²) < 4.78 is 4.76. The molecule has 0 radical (unpaired) electrons. The second kappa shape index (κ2) is 8.51. The van der Waals surface area contributed by atoms with Crippen LogP contribution in [0.2, 0.25) is 0 Å². The van der Waals surface area contributed by atoms with Gasteiger partial charge in [0, 0.05) is 19.5 Å². The van der Waals surface area contributed by atoms with E-state index in [9.17, 15) is 9.59 Å². The van der Waals surface area contributed by atoms with Gasteiger partial charge < -0.3 is 9.64 Å². The molecular weight excluding hydrogens is 280 g/mol. The molecule has 1 amide bonds. The second-order valence-corrected chi connectivity index (χ2v) is 6.92. The van der Waals surface area contributed by atoms with Crippen LogP contribution in [-0.4, -0.2) is 61.5 Å². The van der Waals surface area contributed by atoms with Gasteiger partial charge in [0.05, 0.1) is 13.7 Å². The second-order valence-electron chi connectivity index (χ2n) is 6.92. The molecule has 0 aromatic heterocycles. The lowest BCUT2D eigenvalue weighted by molar-refractivity contribution is -0.142. The fourth-order valence-corrected chi connectivity index (χ4v) is 3.46. The number of methoxy groups -OCH3 is 1. The summed E-state index contributed by atoms with van der Waals surface area (Å²) in [4.78, 5) is 28.1. The van der Waals surface area contributed by atoms with Crippen molar-refractivity contribution in [2.45, 2.75) is 45.4 Å². The molecule has 2 rings (SSSR count). The first-order valence-electron chi connectivity index (χ1n) is 8.65. The summed E-state index contributed by atoms with van der Waals surface area (Å²) in [5.74, 6) is 1.32. The van der Waals surface area contributed by atoms with E-state index in [1.54, 1.807) is 0 Å². The zero-order chi connectivity index (χ0) is 15.9. The van der Waals surface area contributed by atoms with Crippen molar-refractivity contribution in [1.82, 2.24) is 9.80 Å². The molecule has 22 heavy (non-hydrogen) atoms. The lowest BCUT2D eigenvalue weighted by Gasteiger charge is -2.32. The van der Waals surface area contributed by atoms with Crippen LogP contribution in [-0.2, 0) is 14.3 Å². The first-order valence-corrected chi connectivity index (χ1v) is 8.65. The van der Waals surface area contributed by atoms with Gasteiger partial charge in [-0.05, 0) is 57.0 Å². The molecule has 0 bridgehead atoms. The van der Waals surface area contributed by atoms with Gasteiger partial charge in [-0.3, -0.25) is 14.5 Å². The first kappa shape index (κ1) is 17.3. The molecule has 2 heterocycles. The molecule has 5 nitrogen and oxygen atoms in total. The summed E-state index contributed by atoms with van der Waals surface area (Å²) in [6.07, 6.45) is 5.88. The largest absolute Gasteiger partial charge is 0.469 e. The Kier molecular flexibility index (Phi) is 6.68. The lowest BCUT2D eigenvalue weighted by atomic mass is 9.97. The van der Waals surface area contributed by atoms with Crippen molar-refractivity contribution in [3.8, 4) is 0 Å². The molecule has 0 aliphatic carbocycles. The van der Waals surface area contributed by atoms with E-state index in [1.807, 2.05) is 4.90 Å². The minimum absolute atomic E-state index is 0.114. The van der Waals surface area contributed by atoms with Gasteiger partial charge in [-0.2, -0.15) is 0 Å². The third kappa shape index (κ3) is 5.27. The zero-order valence-corrected chi connectivity index (χ0v) is 14.1. The first-order chi connectivity index (χ1) is 10.6. The quantitative estimate of drug-likeness (QED) is 0.744. The molecule has 1 atom stereocenters. The van der Waals surface area contributed by atoms with Crippen LogP contribution in [0.3, 0.4) is 0 Å². The third-order valence-corrected chi connectivity index (χ3v) is 5.12. The van der Waals surface area contributed by atoms with E-state index in [-0.39, 0.29) is 11.9 Å². The lowest BCUT2D eigenvalue weighted by Crippen LogP contribution is -2.44. The Hall–Kier alpha value is -1.10. The number of carbonyl (C=O) groups is 2. The third-order valence-electron chi connectivity index (χ3n) is 5.12. The fourth-order valence-electron chi connectivity index (χ4n) is 3.46. The van der Waals surface area contributed by atoms with Crippen molar-refractivity contribution in [2.24, 2.45) is 11.8 Å².